The Morgan fingerprint density at radius 2 is 1.92 bits per heavy atom. The fourth-order valence-electron chi connectivity index (χ4n) is 3.65. The molecule has 2 aromatic carbocycles. The molecule has 0 radical (unpaired) electrons. The molecule has 130 valence electrons. The van der Waals surface area contributed by atoms with Crippen LogP contribution in [0, 0.1) is 5.92 Å². The normalized spacial score (nSPS) is 17.9. The van der Waals surface area contributed by atoms with E-state index in [1.807, 2.05) is 56.3 Å². The van der Waals surface area contributed by atoms with Crippen molar-refractivity contribution in [3.63, 3.8) is 0 Å². The van der Waals surface area contributed by atoms with Crippen LogP contribution in [0.3, 0.4) is 0 Å². The number of rotatable bonds is 4. The van der Waals surface area contributed by atoms with E-state index in [-0.39, 0.29) is 5.97 Å². The molecule has 1 aliphatic rings. The highest BCUT2D eigenvalue weighted by Gasteiger charge is 2.34. The zero-order chi connectivity index (χ0) is 18.0. The molecule has 0 fully saturated rings. The van der Waals surface area contributed by atoms with Crippen LogP contribution in [0.2, 0.25) is 0 Å². The average Bonchev–Trinajstić information content (AvgIpc) is 2.60. The van der Waals surface area contributed by atoms with Crippen LogP contribution in [0.15, 0.2) is 54.6 Å². The Morgan fingerprint density at radius 3 is 2.56 bits per heavy atom. The van der Waals surface area contributed by atoms with Crippen LogP contribution in [0.5, 0.6) is 0 Å². The molecule has 0 amide bonds. The van der Waals surface area contributed by atoms with E-state index < -0.39 is 5.60 Å². The number of hydrogen-bond acceptors (Lipinski definition) is 2. The van der Waals surface area contributed by atoms with Crippen molar-refractivity contribution >= 4 is 22.8 Å². The number of carbonyl (C=O) groups is 1. The lowest BCUT2D eigenvalue weighted by molar-refractivity contribution is -0.0321. The molecular formula is C23H26O2. The maximum atomic E-state index is 12.9. The second kappa shape index (κ2) is 6.87. The van der Waals surface area contributed by atoms with Crippen molar-refractivity contribution < 1.29 is 9.53 Å². The SMILES string of the molecule is C=Cc1ccc(C(=O)OC(C)(C)C2CC=C(C)CC2)c2ccccc12. The molecular weight excluding hydrogens is 308 g/mol. The van der Waals surface area contributed by atoms with Gasteiger partial charge in [0.1, 0.15) is 5.60 Å². The summed E-state index contributed by atoms with van der Waals surface area (Å²) < 4.78 is 5.99. The Labute approximate surface area is 150 Å². The van der Waals surface area contributed by atoms with Gasteiger partial charge in [0.2, 0.25) is 0 Å². The van der Waals surface area contributed by atoms with Gasteiger partial charge in [0.25, 0.3) is 0 Å². The van der Waals surface area contributed by atoms with E-state index in [2.05, 4.69) is 19.6 Å². The molecule has 3 rings (SSSR count). The first-order chi connectivity index (χ1) is 11.9. The van der Waals surface area contributed by atoms with Crippen molar-refractivity contribution in [1.29, 1.82) is 0 Å². The molecule has 2 heteroatoms. The van der Waals surface area contributed by atoms with Gasteiger partial charge in [-0.15, -0.1) is 0 Å². The Morgan fingerprint density at radius 1 is 1.20 bits per heavy atom. The Hall–Kier alpha value is -2.35. The first kappa shape index (κ1) is 17.5. The van der Waals surface area contributed by atoms with Crippen molar-refractivity contribution in [3.05, 3.63) is 65.8 Å². The van der Waals surface area contributed by atoms with E-state index in [0.717, 1.165) is 35.6 Å². The van der Waals surface area contributed by atoms with Gasteiger partial charge in [-0.2, -0.15) is 0 Å². The minimum atomic E-state index is -0.480. The molecule has 0 bridgehead atoms. The van der Waals surface area contributed by atoms with Crippen LogP contribution < -0.4 is 0 Å². The molecule has 0 saturated heterocycles. The lowest BCUT2D eigenvalue weighted by Gasteiger charge is -2.35. The highest BCUT2D eigenvalue weighted by Crippen LogP contribution is 2.35. The minimum absolute atomic E-state index is 0.247. The van der Waals surface area contributed by atoms with Gasteiger partial charge in [0.05, 0.1) is 5.56 Å². The summed E-state index contributed by atoms with van der Waals surface area (Å²) in [5.41, 5.74) is 2.60. The second-order valence-electron chi connectivity index (χ2n) is 7.47. The Kier molecular flexibility index (Phi) is 4.80. The fourth-order valence-corrected chi connectivity index (χ4v) is 3.65. The van der Waals surface area contributed by atoms with E-state index in [4.69, 9.17) is 4.74 Å². The van der Waals surface area contributed by atoms with Crippen molar-refractivity contribution in [2.75, 3.05) is 0 Å². The maximum Gasteiger partial charge on any atom is 0.339 e. The summed E-state index contributed by atoms with van der Waals surface area (Å²) in [5, 5.41) is 1.95. The second-order valence-corrected chi connectivity index (χ2v) is 7.47. The minimum Gasteiger partial charge on any atom is -0.456 e. The summed E-state index contributed by atoms with van der Waals surface area (Å²) in [6.07, 6.45) is 7.22. The monoisotopic (exact) mass is 334 g/mol. The fraction of sp³-hybridized carbons (Fsp3) is 0.348. The molecule has 0 heterocycles. The summed E-state index contributed by atoms with van der Waals surface area (Å²) in [7, 11) is 0. The predicted octanol–water partition coefficient (Wildman–Crippen LogP) is 6.16. The number of esters is 1. The Bertz CT molecular complexity index is 842. The summed E-state index contributed by atoms with van der Waals surface area (Å²) in [6.45, 7) is 10.1. The maximum absolute atomic E-state index is 12.9. The van der Waals surface area contributed by atoms with Crippen LogP contribution in [0.1, 0.15) is 56.0 Å². The first-order valence-corrected chi connectivity index (χ1v) is 8.95. The zero-order valence-electron chi connectivity index (χ0n) is 15.3. The number of allylic oxidation sites excluding steroid dienone is 2. The van der Waals surface area contributed by atoms with E-state index in [0.29, 0.717) is 11.5 Å². The molecule has 0 spiro atoms. The number of hydrogen-bond donors (Lipinski definition) is 0. The molecule has 0 N–H and O–H groups in total. The van der Waals surface area contributed by atoms with E-state index in [9.17, 15) is 4.79 Å². The number of ether oxygens (including phenoxy) is 1. The smallest absolute Gasteiger partial charge is 0.339 e. The number of carbonyl (C=O) groups excluding carboxylic acids is 1. The van der Waals surface area contributed by atoms with Crippen molar-refractivity contribution in [1.82, 2.24) is 0 Å². The lowest BCUT2D eigenvalue weighted by Crippen LogP contribution is -2.37. The molecule has 0 aromatic heterocycles. The van der Waals surface area contributed by atoms with Crippen molar-refractivity contribution in [2.24, 2.45) is 5.92 Å². The third-order valence-corrected chi connectivity index (χ3v) is 5.37. The van der Waals surface area contributed by atoms with Crippen LogP contribution >= 0.6 is 0 Å². The van der Waals surface area contributed by atoms with Gasteiger partial charge in [0, 0.05) is 5.92 Å². The molecule has 2 nitrogen and oxygen atoms in total. The average molecular weight is 334 g/mol. The van der Waals surface area contributed by atoms with Gasteiger partial charge in [-0.1, -0.05) is 54.6 Å². The Balaban J connectivity index is 1.89. The van der Waals surface area contributed by atoms with Crippen LogP contribution in [0.4, 0.5) is 0 Å². The summed E-state index contributed by atoms with van der Waals surface area (Å²) in [4.78, 5) is 12.9. The highest BCUT2D eigenvalue weighted by atomic mass is 16.6. The highest BCUT2D eigenvalue weighted by molar-refractivity contribution is 6.06. The first-order valence-electron chi connectivity index (χ1n) is 8.95. The van der Waals surface area contributed by atoms with Gasteiger partial charge in [-0.25, -0.2) is 4.79 Å². The third-order valence-electron chi connectivity index (χ3n) is 5.37. The quantitative estimate of drug-likeness (QED) is 0.494. The van der Waals surface area contributed by atoms with Crippen molar-refractivity contribution in [2.45, 2.75) is 45.6 Å². The van der Waals surface area contributed by atoms with E-state index >= 15 is 0 Å². The van der Waals surface area contributed by atoms with Gasteiger partial charge < -0.3 is 4.74 Å². The molecule has 1 unspecified atom stereocenters. The molecule has 25 heavy (non-hydrogen) atoms. The predicted molar refractivity (Wildman–Crippen MR) is 105 cm³/mol. The third kappa shape index (κ3) is 3.53. The molecule has 0 aliphatic heterocycles. The van der Waals surface area contributed by atoms with Gasteiger partial charge in [-0.3, -0.25) is 0 Å². The van der Waals surface area contributed by atoms with Crippen LogP contribution in [-0.2, 0) is 4.74 Å². The van der Waals surface area contributed by atoms with Crippen molar-refractivity contribution in [3.8, 4) is 0 Å². The summed E-state index contributed by atoms with van der Waals surface area (Å²) in [5.74, 6) is 0.113. The van der Waals surface area contributed by atoms with E-state index in [1.165, 1.54) is 5.57 Å². The molecule has 0 saturated carbocycles. The molecule has 1 aliphatic carbocycles. The zero-order valence-corrected chi connectivity index (χ0v) is 15.3. The number of benzene rings is 2. The summed E-state index contributed by atoms with van der Waals surface area (Å²) >= 11 is 0. The summed E-state index contributed by atoms with van der Waals surface area (Å²) in [6, 6.07) is 11.7. The number of fused-ring (bicyclic) bond motifs is 1. The lowest BCUT2D eigenvalue weighted by atomic mass is 9.79. The molecule has 2 aromatic rings. The van der Waals surface area contributed by atoms with Gasteiger partial charge in [0.15, 0.2) is 0 Å². The van der Waals surface area contributed by atoms with Gasteiger partial charge in [-0.05, 0) is 62.4 Å². The van der Waals surface area contributed by atoms with Crippen LogP contribution in [0.25, 0.3) is 16.8 Å². The largest absolute Gasteiger partial charge is 0.456 e. The topological polar surface area (TPSA) is 26.3 Å². The molecule has 1 atom stereocenters. The van der Waals surface area contributed by atoms with Crippen LogP contribution in [-0.4, -0.2) is 11.6 Å². The standard InChI is InChI=1S/C23H26O2/c1-5-17-12-15-21(20-9-7-6-8-19(17)20)22(24)25-23(3,4)18-13-10-16(2)11-14-18/h5-10,12,15,18H,1,11,13-14H2,2-4H3. The van der Waals surface area contributed by atoms with E-state index in [1.54, 1.807) is 0 Å². The van der Waals surface area contributed by atoms with Gasteiger partial charge >= 0.3 is 5.97 Å².